The van der Waals surface area contributed by atoms with Crippen molar-refractivity contribution in [2.24, 2.45) is 0 Å². The molecule has 0 spiro atoms. The van der Waals surface area contributed by atoms with Crippen molar-refractivity contribution < 1.29 is 9.90 Å². The van der Waals surface area contributed by atoms with Crippen LogP contribution in [0.1, 0.15) is 21.2 Å². The van der Waals surface area contributed by atoms with Crippen LogP contribution in [0.5, 0.6) is 0 Å². The van der Waals surface area contributed by atoms with E-state index in [0.29, 0.717) is 12.4 Å². The number of carbonyl (C=O) groups is 1. The van der Waals surface area contributed by atoms with E-state index in [9.17, 15) is 4.79 Å². The monoisotopic (exact) mass is 249 g/mol. The number of nitrogens with zero attached hydrogens (tertiary/aromatic N) is 2. The van der Waals surface area contributed by atoms with Crippen LogP contribution < -0.4 is 5.32 Å². The first-order valence-corrected chi connectivity index (χ1v) is 5.88. The third-order valence-electron chi connectivity index (χ3n) is 2.09. The second-order valence-electron chi connectivity index (χ2n) is 3.42. The van der Waals surface area contributed by atoms with Crippen molar-refractivity contribution >= 4 is 23.1 Å². The molecule has 0 bridgehead atoms. The Kier molecular flexibility index (Phi) is 3.34. The third-order valence-corrected chi connectivity index (χ3v) is 2.91. The number of hydrogen-bond donors (Lipinski definition) is 2. The van der Waals surface area contributed by atoms with Crippen LogP contribution in [0.25, 0.3) is 0 Å². The number of thiazole rings is 1. The minimum Gasteiger partial charge on any atom is -0.477 e. The summed E-state index contributed by atoms with van der Waals surface area (Å²) in [5.41, 5.74) is 0.958. The van der Waals surface area contributed by atoms with E-state index in [4.69, 9.17) is 5.11 Å². The highest BCUT2D eigenvalue weighted by molar-refractivity contribution is 7.09. The molecular formula is C11H11N3O2S. The van der Waals surface area contributed by atoms with Gasteiger partial charge < -0.3 is 10.4 Å². The van der Waals surface area contributed by atoms with Crippen molar-refractivity contribution in [2.45, 2.75) is 13.5 Å². The lowest BCUT2D eigenvalue weighted by atomic mass is 10.3. The molecule has 0 fully saturated rings. The van der Waals surface area contributed by atoms with Gasteiger partial charge in [-0.1, -0.05) is 6.07 Å². The van der Waals surface area contributed by atoms with Crippen molar-refractivity contribution in [2.75, 3.05) is 5.32 Å². The summed E-state index contributed by atoms with van der Waals surface area (Å²) < 4.78 is 0. The maximum Gasteiger partial charge on any atom is 0.354 e. The Hall–Kier alpha value is -1.95. The normalized spacial score (nSPS) is 10.2. The second-order valence-corrected chi connectivity index (χ2v) is 4.49. The maximum atomic E-state index is 10.7. The van der Waals surface area contributed by atoms with Crippen LogP contribution in [0.3, 0.4) is 0 Å². The number of anilines is 1. The van der Waals surface area contributed by atoms with E-state index >= 15 is 0 Å². The molecule has 0 saturated carbocycles. The molecule has 0 radical (unpaired) electrons. The standard InChI is InChI=1S/C11H11N3O2S/c1-7-13-8(6-17-7)5-12-10-4-2-3-9(14-10)11(15)16/h2-4,6H,5H2,1H3,(H,12,14)(H,15,16). The number of carboxylic acid groups (broad SMARTS) is 1. The first-order chi connectivity index (χ1) is 8.15. The SMILES string of the molecule is Cc1nc(CNc2cccc(C(=O)O)n2)cs1. The largest absolute Gasteiger partial charge is 0.477 e. The molecule has 0 atom stereocenters. The van der Waals surface area contributed by atoms with E-state index in [-0.39, 0.29) is 5.69 Å². The Labute approximate surface area is 102 Å². The lowest BCUT2D eigenvalue weighted by Gasteiger charge is -2.03. The average molecular weight is 249 g/mol. The molecule has 0 unspecified atom stereocenters. The number of carboxylic acids is 1. The first kappa shape index (κ1) is 11.5. The summed E-state index contributed by atoms with van der Waals surface area (Å²) in [5.74, 6) is -0.492. The van der Waals surface area contributed by atoms with Crippen LogP contribution >= 0.6 is 11.3 Å². The fourth-order valence-corrected chi connectivity index (χ4v) is 1.94. The van der Waals surface area contributed by atoms with Crippen LogP contribution in [0, 0.1) is 6.92 Å². The van der Waals surface area contributed by atoms with Gasteiger partial charge in [-0.25, -0.2) is 14.8 Å². The van der Waals surface area contributed by atoms with Gasteiger partial charge >= 0.3 is 5.97 Å². The van der Waals surface area contributed by atoms with Crippen molar-refractivity contribution in [3.05, 3.63) is 40.0 Å². The lowest BCUT2D eigenvalue weighted by Crippen LogP contribution is -2.05. The minimum absolute atomic E-state index is 0.0319. The molecular weight excluding hydrogens is 238 g/mol. The number of hydrogen-bond acceptors (Lipinski definition) is 5. The van der Waals surface area contributed by atoms with Gasteiger partial charge in [0.2, 0.25) is 0 Å². The molecule has 2 heterocycles. The van der Waals surface area contributed by atoms with Gasteiger partial charge in [0.25, 0.3) is 0 Å². The molecule has 2 rings (SSSR count). The van der Waals surface area contributed by atoms with Crippen LogP contribution in [0.4, 0.5) is 5.82 Å². The molecule has 88 valence electrons. The number of aryl methyl sites for hydroxylation is 1. The number of aromatic carboxylic acids is 1. The van der Waals surface area contributed by atoms with Crippen molar-refractivity contribution in [3.8, 4) is 0 Å². The molecule has 0 aliphatic rings. The maximum absolute atomic E-state index is 10.7. The van der Waals surface area contributed by atoms with Gasteiger partial charge in [-0.3, -0.25) is 0 Å². The van der Waals surface area contributed by atoms with E-state index < -0.39 is 5.97 Å². The Balaban J connectivity index is 2.04. The fourth-order valence-electron chi connectivity index (χ4n) is 1.32. The quantitative estimate of drug-likeness (QED) is 0.868. The molecule has 0 aliphatic heterocycles. The van der Waals surface area contributed by atoms with E-state index in [1.165, 1.54) is 6.07 Å². The Morgan fingerprint density at radius 1 is 1.47 bits per heavy atom. The summed E-state index contributed by atoms with van der Waals surface area (Å²) in [6, 6.07) is 4.84. The van der Waals surface area contributed by atoms with E-state index in [1.54, 1.807) is 23.5 Å². The average Bonchev–Trinajstić information content (AvgIpc) is 2.73. The highest BCUT2D eigenvalue weighted by Gasteiger charge is 2.05. The van der Waals surface area contributed by atoms with Gasteiger partial charge in [0.05, 0.1) is 17.2 Å². The van der Waals surface area contributed by atoms with Crippen LogP contribution in [-0.4, -0.2) is 21.0 Å². The van der Waals surface area contributed by atoms with Crippen LogP contribution in [0.2, 0.25) is 0 Å². The Morgan fingerprint density at radius 2 is 2.29 bits per heavy atom. The van der Waals surface area contributed by atoms with Gasteiger partial charge in [0.1, 0.15) is 5.82 Å². The van der Waals surface area contributed by atoms with E-state index in [1.807, 2.05) is 12.3 Å². The Bertz CT molecular complexity index is 539. The second kappa shape index (κ2) is 4.92. The molecule has 2 N–H and O–H groups in total. The summed E-state index contributed by atoms with van der Waals surface area (Å²) in [6.45, 7) is 2.48. The molecule has 6 heteroatoms. The molecule has 5 nitrogen and oxygen atoms in total. The molecule has 2 aromatic heterocycles. The molecule has 0 aromatic carbocycles. The lowest BCUT2D eigenvalue weighted by molar-refractivity contribution is 0.0690. The number of rotatable bonds is 4. The highest BCUT2D eigenvalue weighted by Crippen LogP contribution is 2.10. The summed E-state index contributed by atoms with van der Waals surface area (Å²) >= 11 is 1.58. The molecule has 2 aromatic rings. The number of nitrogens with one attached hydrogen (secondary N) is 1. The zero-order valence-corrected chi connectivity index (χ0v) is 9.99. The summed E-state index contributed by atoms with van der Waals surface area (Å²) in [7, 11) is 0. The predicted molar refractivity (Wildman–Crippen MR) is 65.4 cm³/mol. The topological polar surface area (TPSA) is 75.1 Å². The molecule has 17 heavy (non-hydrogen) atoms. The van der Waals surface area contributed by atoms with Gasteiger partial charge in [0, 0.05) is 5.38 Å². The van der Waals surface area contributed by atoms with Crippen LogP contribution in [-0.2, 0) is 6.54 Å². The highest BCUT2D eigenvalue weighted by atomic mass is 32.1. The zero-order valence-electron chi connectivity index (χ0n) is 9.17. The fraction of sp³-hybridized carbons (Fsp3) is 0.182. The Morgan fingerprint density at radius 3 is 2.94 bits per heavy atom. The number of pyridine rings is 1. The third kappa shape index (κ3) is 3.01. The first-order valence-electron chi connectivity index (χ1n) is 5.00. The minimum atomic E-state index is -1.03. The zero-order chi connectivity index (χ0) is 12.3. The van der Waals surface area contributed by atoms with Crippen LogP contribution in [0.15, 0.2) is 23.6 Å². The summed E-state index contributed by atoms with van der Waals surface area (Å²) in [5, 5.41) is 14.8. The molecule has 0 aliphatic carbocycles. The van der Waals surface area contributed by atoms with E-state index in [2.05, 4.69) is 15.3 Å². The number of aromatic nitrogens is 2. The van der Waals surface area contributed by atoms with Gasteiger partial charge in [0.15, 0.2) is 5.69 Å². The smallest absolute Gasteiger partial charge is 0.354 e. The predicted octanol–water partition coefficient (Wildman–Crippen LogP) is 2.16. The van der Waals surface area contributed by atoms with Gasteiger partial charge in [-0.15, -0.1) is 11.3 Å². The molecule has 0 saturated heterocycles. The van der Waals surface area contributed by atoms with Crippen molar-refractivity contribution in [3.63, 3.8) is 0 Å². The molecule has 0 amide bonds. The summed E-state index contributed by atoms with van der Waals surface area (Å²) in [6.07, 6.45) is 0. The van der Waals surface area contributed by atoms with E-state index in [0.717, 1.165) is 10.7 Å². The van der Waals surface area contributed by atoms with Gasteiger partial charge in [-0.2, -0.15) is 0 Å². The van der Waals surface area contributed by atoms with Crippen molar-refractivity contribution in [1.29, 1.82) is 0 Å². The van der Waals surface area contributed by atoms with Crippen molar-refractivity contribution in [1.82, 2.24) is 9.97 Å². The van der Waals surface area contributed by atoms with Gasteiger partial charge in [-0.05, 0) is 19.1 Å². The summed E-state index contributed by atoms with van der Waals surface area (Å²) in [4.78, 5) is 19.0.